The monoisotopic (exact) mass is 386 g/mol. The van der Waals surface area contributed by atoms with Gasteiger partial charge in [0.1, 0.15) is 12.1 Å². The Morgan fingerprint density at radius 3 is 2.52 bits per heavy atom. The number of piperidine rings is 1. The second kappa shape index (κ2) is 8.86. The maximum atomic E-state index is 12.5. The van der Waals surface area contributed by atoms with Crippen molar-refractivity contribution in [3.8, 4) is 11.3 Å². The second-order valence-electron chi connectivity index (χ2n) is 7.50. The zero-order valence-electron chi connectivity index (χ0n) is 16.8. The Labute approximate surface area is 171 Å². The number of anilines is 1. The number of benzene rings is 2. The zero-order valence-corrected chi connectivity index (χ0v) is 16.8. The number of amides is 1. The van der Waals surface area contributed by atoms with Crippen molar-refractivity contribution < 1.29 is 4.79 Å². The van der Waals surface area contributed by atoms with Crippen LogP contribution in [-0.4, -0.2) is 29.0 Å². The average Bonchev–Trinajstić information content (AvgIpc) is 2.79. The second-order valence-corrected chi connectivity index (χ2v) is 7.50. The highest BCUT2D eigenvalue weighted by Gasteiger charge is 2.13. The first-order valence-electron chi connectivity index (χ1n) is 10.2. The largest absolute Gasteiger partial charge is 0.357 e. The molecule has 148 valence electrons. The van der Waals surface area contributed by atoms with Crippen LogP contribution in [0.15, 0.2) is 60.9 Å². The Balaban J connectivity index is 1.43. The van der Waals surface area contributed by atoms with E-state index in [0.29, 0.717) is 12.1 Å². The van der Waals surface area contributed by atoms with Gasteiger partial charge in [0, 0.05) is 36.8 Å². The number of hydrogen-bond acceptors (Lipinski definition) is 4. The van der Waals surface area contributed by atoms with Crippen molar-refractivity contribution in [1.82, 2.24) is 15.3 Å². The number of aromatic nitrogens is 2. The van der Waals surface area contributed by atoms with E-state index in [9.17, 15) is 4.79 Å². The van der Waals surface area contributed by atoms with Gasteiger partial charge in [0.2, 0.25) is 0 Å². The van der Waals surface area contributed by atoms with Crippen molar-refractivity contribution in [3.63, 3.8) is 0 Å². The summed E-state index contributed by atoms with van der Waals surface area (Å²) in [5.41, 5.74) is 4.82. The summed E-state index contributed by atoms with van der Waals surface area (Å²) in [7, 11) is 0. The van der Waals surface area contributed by atoms with Crippen LogP contribution in [0.3, 0.4) is 0 Å². The molecule has 29 heavy (non-hydrogen) atoms. The Morgan fingerprint density at radius 2 is 1.76 bits per heavy atom. The molecule has 0 saturated carbocycles. The number of rotatable bonds is 5. The molecule has 1 aliphatic rings. The number of carbonyl (C=O) groups excluding carboxylic acids is 1. The van der Waals surface area contributed by atoms with E-state index in [1.165, 1.54) is 24.8 Å². The van der Waals surface area contributed by atoms with Crippen LogP contribution in [-0.2, 0) is 6.54 Å². The Bertz CT molecular complexity index is 978. The van der Waals surface area contributed by atoms with E-state index in [1.54, 1.807) is 6.33 Å². The fraction of sp³-hybridized carbons (Fsp3) is 0.292. The molecule has 5 nitrogen and oxygen atoms in total. The quantitative estimate of drug-likeness (QED) is 0.707. The summed E-state index contributed by atoms with van der Waals surface area (Å²) in [5, 5.41) is 3.00. The van der Waals surface area contributed by atoms with Crippen LogP contribution in [0, 0.1) is 6.92 Å². The van der Waals surface area contributed by atoms with Crippen molar-refractivity contribution >= 4 is 11.7 Å². The lowest BCUT2D eigenvalue weighted by atomic mass is 10.1. The summed E-state index contributed by atoms with van der Waals surface area (Å²) < 4.78 is 0. The first kappa shape index (κ1) is 19.1. The van der Waals surface area contributed by atoms with Gasteiger partial charge in [0.25, 0.3) is 5.91 Å². The van der Waals surface area contributed by atoms with Gasteiger partial charge in [-0.3, -0.25) is 4.79 Å². The molecule has 0 bridgehead atoms. The fourth-order valence-electron chi connectivity index (χ4n) is 3.68. The summed E-state index contributed by atoms with van der Waals surface area (Å²) >= 11 is 0. The molecular formula is C24H26N4O. The summed E-state index contributed by atoms with van der Waals surface area (Å²) in [6.07, 6.45) is 5.35. The molecule has 3 aromatic rings. The van der Waals surface area contributed by atoms with Crippen molar-refractivity contribution in [2.45, 2.75) is 32.7 Å². The maximum absolute atomic E-state index is 12.5. The lowest BCUT2D eigenvalue weighted by Gasteiger charge is -2.27. The number of nitrogens with zero attached hydrogens (tertiary/aromatic N) is 3. The molecule has 0 aliphatic carbocycles. The standard InChI is InChI=1S/C24H26N4O/c1-18-7-3-4-8-21(18)16-25-24(29)20-11-9-19(10-12-20)22-15-23(27-17-26-22)28-13-5-2-6-14-28/h3-4,7-12,15,17H,2,5-6,13-14,16H2,1H3,(H,25,29). The molecule has 4 rings (SSSR count). The van der Waals surface area contributed by atoms with Gasteiger partial charge >= 0.3 is 0 Å². The normalized spacial score (nSPS) is 13.9. The van der Waals surface area contributed by atoms with Gasteiger partial charge in [-0.2, -0.15) is 0 Å². The van der Waals surface area contributed by atoms with Gasteiger partial charge in [-0.05, 0) is 49.4 Å². The summed E-state index contributed by atoms with van der Waals surface area (Å²) in [4.78, 5) is 23.7. The summed E-state index contributed by atoms with van der Waals surface area (Å²) in [5.74, 6) is 0.909. The van der Waals surface area contributed by atoms with Crippen LogP contribution in [0.4, 0.5) is 5.82 Å². The first-order chi connectivity index (χ1) is 14.2. The van der Waals surface area contributed by atoms with Crippen LogP contribution >= 0.6 is 0 Å². The van der Waals surface area contributed by atoms with E-state index in [0.717, 1.165) is 35.7 Å². The minimum absolute atomic E-state index is 0.0727. The first-order valence-corrected chi connectivity index (χ1v) is 10.2. The molecule has 1 saturated heterocycles. The topological polar surface area (TPSA) is 58.1 Å². The highest BCUT2D eigenvalue weighted by molar-refractivity contribution is 5.94. The zero-order chi connectivity index (χ0) is 20.1. The third-order valence-electron chi connectivity index (χ3n) is 5.48. The predicted molar refractivity (Wildman–Crippen MR) is 116 cm³/mol. The van der Waals surface area contributed by atoms with E-state index in [-0.39, 0.29) is 5.91 Å². The van der Waals surface area contributed by atoms with Crippen molar-refractivity contribution in [3.05, 3.63) is 77.6 Å². The smallest absolute Gasteiger partial charge is 0.251 e. The van der Waals surface area contributed by atoms with Gasteiger partial charge in [0.05, 0.1) is 5.69 Å². The number of hydrogen-bond donors (Lipinski definition) is 1. The summed E-state index contributed by atoms with van der Waals surface area (Å²) in [6, 6.07) is 17.7. The van der Waals surface area contributed by atoms with E-state index in [1.807, 2.05) is 48.5 Å². The van der Waals surface area contributed by atoms with Crippen LogP contribution in [0.2, 0.25) is 0 Å². The highest BCUT2D eigenvalue weighted by atomic mass is 16.1. The molecule has 2 heterocycles. The Kier molecular flexibility index (Phi) is 5.84. The molecule has 1 N–H and O–H groups in total. The number of carbonyl (C=O) groups is 1. The average molecular weight is 386 g/mol. The van der Waals surface area contributed by atoms with Gasteiger partial charge in [0.15, 0.2) is 0 Å². The lowest BCUT2D eigenvalue weighted by molar-refractivity contribution is 0.0951. The SMILES string of the molecule is Cc1ccccc1CNC(=O)c1ccc(-c2cc(N3CCCCC3)ncn2)cc1. The molecule has 1 fully saturated rings. The molecule has 1 amide bonds. The van der Waals surface area contributed by atoms with Crippen molar-refractivity contribution in [1.29, 1.82) is 0 Å². The maximum Gasteiger partial charge on any atom is 0.251 e. The Hall–Kier alpha value is -3.21. The lowest BCUT2D eigenvalue weighted by Crippen LogP contribution is -2.30. The molecular weight excluding hydrogens is 360 g/mol. The molecule has 5 heteroatoms. The number of nitrogens with one attached hydrogen (secondary N) is 1. The Morgan fingerprint density at radius 1 is 1.00 bits per heavy atom. The molecule has 0 atom stereocenters. The highest BCUT2D eigenvalue weighted by Crippen LogP contribution is 2.23. The van der Waals surface area contributed by atoms with Gasteiger partial charge in [-0.1, -0.05) is 36.4 Å². The number of aryl methyl sites for hydroxylation is 1. The molecule has 1 aromatic heterocycles. The molecule has 1 aliphatic heterocycles. The molecule has 0 unspecified atom stereocenters. The van der Waals surface area contributed by atoms with E-state index >= 15 is 0 Å². The minimum Gasteiger partial charge on any atom is -0.357 e. The molecule has 0 radical (unpaired) electrons. The molecule has 2 aromatic carbocycles. The van der Waals surface area contributed by atoms with Gasteiger partial charge < -0.3 is 10.2 Å². The van der Waals surface area contributed by atoms with Crippen LogP contribution < -0.4 is 10.2 Å². The fourth-order valence-corrected chi connectivity index (χ4v) is 3.68. The third-order valence-corrected chi connectivity index (χ3v) is 5.48. The predicted octanol–water partition coefficient (Wildman–Crippen LogP) is 4.37. The van der Waals surface area contributed by atoms with Crippen LogP contribution in [0.1, 0.15) is 40.7 Å². The van der Waals surface area contributed by atoms with E-state index < -0.39 is 0 Å². The minimum atomic E-state index is -0.0727. The van der Waals surface area contributed by atoms with Crippen molar-refractivity contribution in [2.24, 2.45) is 0 Å². The van der Waals surface area contributed by atoms with E-state index in [2.05, 4.69) is 33.2 Å². The summed E-state index contributed by atoms with van der Waals surface area (Å²) in [6.45, 7) is 4.68. The van der Waals surface area contributed by atoms with E-state index in [4.69, 9.17) is 0 Å². The van der Waals surface area contributed by atoms with Crippen molar-refractivity contribution in [2.75, 3.05) is 18.0 Å². The molecule has 0 spiro atoms. The van der Waals surface area contributed by atoms with Crippen LogP contribution in [0.5, 0.6) is 0 Å². The van der Waals surface area contributed by atoms with Gasteiger partial charge in [-0.15, -0.1) is 0 Å². The van der Waals surface area contributed by atoms with Gasteiger partial charge in [-0.25, -0.2) is 9.97 Å². The van der Waals surface area contributed by atoms with Crippen LogP contribution in [0.25, 0.3) is 11.3 Å². The third kappa shape index (κ3) is 4.62.